The Morgan fingerprint density at radius 1 is 1.17 bits per heavy atom. The highest BCUT2D eigenvalue weighted by Gasteiger charge is 2.34. The molecule has 0 aliphatic heterocycles. The Labute approximate surface area is 151 Å². The molecular weight excluding hydrogens is 292 g/mol. The molecule has 1 aromatic rings. The van der Waals surface area contributed by atoms with Crippen LogP contribution in [0.1, 0.15) is 59.2 Å². The van der Waals surface area contributed by atoms with E-state index in [-0.39, 0.29) is 6.61 Å². The molecule has 0 fully saturated rings. The molecule has 2 N–H and O–H groups in total. The van der Waals surface area contributed by atoms with Crippen LogP contribution in [0.25, 0.3) is 0 Å². The third-order valence-corrected chi connectivity index (χ3v) is 2.90. The summed E-state index contributed by atoms with van der Waals surface area (Å²) in [5, 5.41) is 3.83. The second-order valence-electron chi connectivity index (χ2n) is 6.24. The molecule has 0 spiro atoms. The van der Waals surface area contributed by atoms with Crippen LogP contribution in [-0.4, -0.2) is 23.6 Å². The number of rotatable bonds is 4. The fraction of sp³-hybridized carbons (Fsp3) is 0.556. The normalized spacial score (nSPS) is 20.6. The fourth-order valence-corrected chi connectivity index (χ4v) is 1.78. The second-order valence-corrected chi connectivity index (χ2v) is 6.24. The standard InChI is InChI=1S/C18H28N2O3/c1-17(2,3)14(19-16(22)20-18(4,5)6)15(21)23-12-13-10-8-7-9-11-13/h7-11,14H,12H2,1-6H3,(H2,19,20,22)/t14-/m1/s1/i4D3,5D3,6D3. The summed E-state index contributed by atoms with van der Waals surface area (Å²) in [7, 11) is 0. The average molecular weight is 329 g/mol. The lowest BCUT2D eigenvalue weighted by molar-refractivity contribution is -0.150. The number of urea groups is 1. The first kappa shape index (κ1) is 9.30. The van der Waals surface area contributed by atoms with Gasteiger partial charge in [0.2, 0.25) is 0 Å². The van der Waals surface area contributed by atoms with E-state index in [0.29, 0.717) is 5.56 Å². The van der Waals surface area contributed by atoms with Crippen molar-refractivity contribution in [2.45, 2.75) is 59.5 Å². The molecule has 0 bridgehead atoms. The van der Waals surface area contributed by atoms with Crippen molar-refractivity contribution in [1.82, 2.24) is 10.6 Å². The Morgan fingerprint density at radius 2 is 1.78 bits per heavy atom. The van der Waals surface area contributed by atoms with Crippen LogP contribution in [0.15, 0.2) is 30.3 Å². The molecule has 0 aromatic heterocycles. The van der Waals surface area contributed by atoms with Gasteiger partial charge in [0.1, 0.15) is 12.6 Å². The minimum Gasteiger partial charge on any atom is -0.459 e. The number of benzene rings is 1. The summed E-state index contributed by atoms with van der Waals surface area (Å²) in [5.41, 5.74) is -3.81. The van der Waals surface area contributed by atoms with Gasteiger partial charge in [0.05, 0.1) is 0 Å². The molecule has 1 aromatic carbocycles. The number of hydrogen-bond donors (Lipinski definition) is 2. The number of amides is 2. The van der Waals surface area contributed by atoms with Crippen molar-refractivity contribution in [3.8, 4) is 0 Å². The van der Waals surface area contributed by atoms with Gasteiger partial charge in [-0.1, -0.05) is 51.1 Å². The zero-order valence-corrected chi connectivity index (χ0v) is 13.4. The van der Waals surface area contributed by atoms with Crippen molar-refractivity contribution >= 4 is 12.0 Å². The van der Waals surface area contributed by atoms with Crippen LogP contribution in [0.3, 0.4) is 0 Å². The third kappa shape index (κ3) is 7.17. The van der Waals surface area contributed by atoms with Crippen LogP contribution in [0.4, 0.5) is 4.79 Å². The predicted octanol–water partition coefficient (Wildman–Crippen LogP) is 3.24. The fourth-order valence-electron chi connectivity index (χ4n) is 1.78. The first-order chi connectivity index (χ1) is 14.2. The largest absolute Gasteiger partial charge is 0.459 e. The molecule has 128 valence electrons. The zero-order chi connectivity index (χ0) is 25.2. The lowest BCUT2D eigenvalue weighted by Gasteiger charge is -2.31. The summed E-state index contributed by atoms with van der Waals surface area (Å²) in [6, 6.07) is 5.93. The lowest BCUT2D eigenvalue weighted by atomic mass is 9.87. The molecule has 1 rings (SSSR count). The molecule has 0 unspecified atom stereocenters. The van der Waals surface area contributed by atoms with E-state index in [2.05, 4.69) is 5.32 Å². The van der Waals surface area contributed by atoms with Gasteiger partial charge in [-0.2, -0.15) is 0 Å². The van der Waals surface area contributed by atoms with E-state index in [1.165, 1.54) is 0 Å². The van der Waals surface area contributed by atoms with Crippen LogP contribution in [0, 0.1) is 5.41 Å². The van der Waals surface area contributed by atoms with Crippen molar-refractivity contribution in [3.05, 3.63) is 35.9 Å². The van der Waals surface area contributed by atoms with E-state index in [0.717, 1.165) is 0 Å². The highest BCUT2D eigenvalue weighted by atomic mass is 16.5. The van der Waals surface area contributed by atoms with E-state index in [4.69, 9.17) is 17.1 Å². The average Bonchev–Trinajstić information content (AvgIpc) is 2.59. The summed E-state index contributed by atoms with van der Waals surface area (Å²) in [4.78, 5) is 25.3. The molecule has 5 nitrogen and oxygen atoms in total. The summed E-state index contributed by atoms with van der Waals surface area (Å²) in [5.74, 6) is -0.862. The summed E-state index contributed by atoms with van der Waals surface area (Å²) in [6.07, 6.45) is 0. The maximum Gasteiger partial charge on any atom is 0.329 e. The van der Waals surface area contributed by atoms with Crippen molar-refractivity contribution < 1.29 is 26.7 Å². The molecule has 5 heteroatoms. The monoisotopic (exact) mass is 329 g/mol. The molecule has 23 heavy (non-hydrogen) atoms. The second kappa shape index (κ2) is 7.49. The molecule has 2 amide bonds. The Morgan fingerprint density at radius 3 is 2.30 bits per heavy atom. The maximum absolute atomic E-state index is 12.7. The quantitative estimate of drug-likeness (QED) is 0.833. The third-order valence-electron chi connectivity index (χ3n) is 2.90. The number of carbonyl (C=O) groups excluding carboxylic acids is 2. The summed E-state index contributed by atoms with van der Waals surface area (Å²) >= 11 is 0. The predicted molar refractivity (Wildman–Crippen MR) is 90.9 cm³/mol. The minimum absolute atomic E-state index is 0.0979. The molecule has 1 atom stereocenters. The molecule has 0 saturated carbocycles. The molecule has 0 aliphatic rings. The first-order valence-electron chi connectivity index (χ1n) is 11.5. The van der Waals surface area contributed by atoms with Crippen molar-refractivity contribution in [2.75, 3.05) is 0 Å². The Hall–Kier alpha value is -2.04. The van der Waals surface area contributed by atoms with Crippen molar-refractivity contribution in [3.63, 3.8) is 0 Å². The van der Waals surface area contributed by atoms with Gasteiger partial charge in [0, 0.05) is 17.9 Å². The zero-order valence-electron chi connectivity index (χ0n) is 22.4. The molecule has 0 aliphatic carbocycles. The van der Waals surface area contributed by atoms with Crippen LogP contribution < -0.4 is 10.6 Å². The van der Waals surface area contributed by atoms with Crippen LogP contribution >= 0.6 is 0 Å². The molecule has 0 saturated heterocycles. The smallest absolute Gasteiger partial charge is 0.329 e. The van der Waals surface area contributed by atoms with E-state index in [1.54, 1.807) is 56.4 Å². The van der Waals surface area contributed by atoms with Gasteiger partial charge >= 0.3 is 12.0 Å². The topological polar surface area (TPSA) is 67.4 Å². The number of nitrogens with one attached hydrogen (secondary N) is 2. The van der Waals surface area contributed by atoms with Gasteiger partial charge < -0.3 is 15.4 Å². The van der Waals surface area contributed by atoms with Gasteiger partial charge in [-0.25, -0.2) is 9.59 Å². The highest BCUT2D eigenvalue weighted by molar-refractivity contribution is 5.84. The molecular formula is C18H28N2O3. The Kier molecular flexibility index (Phi) is 3.03. The van der Waals surface area contributed by atoms with E-state index < -0.39 is 49.6 Å². The van der Waals surface area contributed by atoms with Crippen molar-refractivity contribution in [2.24, 2.45) is 5.41 Å². The van der Waals surface area contributed by atoms with Gasteiger partial charge in [-0.05, 0) is 31.5 Å². The SMILES string of the molecule is [2H]C([2H])([2H])C(NC(=O)N[C@H](C(=O)OCc1ccccc1)C(C)(C)C)(C([2H])([2H])[2H])C([2H])([2H])[2H]. The Bertz CT molecular complexity index is 761. The number of ether oxygens (including phenoxy) is 1. The van der Waals surface area contributed by atoms with E-state index in [9.17, 15) is 9.59 Å². The summed E-state index contributed by atoms with van der Waals surface area (Å²) < 4.78 is 73.4. The summed E-state index contributed by atoms with van der Waals surface area (Å²) in [6.45, 7) is -6.19. The van der Waals surface area contributed by atoms with Crippen LogP contribution in [-0.2, 0) is 16.1 Å². The number of esters is 1. The van der Waals surface area contributed by atoms with Gasteiger partial charge in [-0.3, -0.25) is 0 Å². The van der Waals surface area contributed by atoms with Crippen molar-refractivity contribution in [1.29, 1.82) is 0 Å². The highest BCUT2D eigenvalue weighted by Crippen LogP contribution is 2.21. The lowest BCUT2D eigenvalue weighted by Crippen LogP contribution is -2.55. The molecule has 0 heterocycles. The van der Waals surface area contributed by atoms with Gasteiger partial charge in [0.15, 0.2) is 0 Å². The first-order valence-corrected chi connectivity index (χ1v) is 7.03. The van der Waals surface area contributed by atoms with Gasteiger partial charge in [0.25, 0.3) is 0 Å². The Balaban J connectivity index is 3.17. The van der Waals surface area contributed by atoms with Crippen LogP contribution in [0.2, 0.25) is 0 Å². The molecule has 0 radical (unpaired) electrons. The minimum atomic E-state index is -3.62. The van der Waals surface area contributed by atoms with Crippen LogP contribution in [0.5, 0.6) is 0 Å². The van der Waals surface area contributed by atoms with E-state index in [1.807, 2.05) is 0 Å². The number of carbonyl (C=O) groups is 2. The number of hydrogen-bond acceptors (Lipinski definition) is 3. The van der Waals surface area contributed by atoms with Gasteiger partial charge in [-0.15, -0.1) is 0 Å². The maximum atomic E-state index is 12.7. The van der Waals surface area contributed by atoms with E-state index >= 15 is 0 Å².